The zero-order valence-electron chi connectivity index (χ0n) is 4.50. The first-order valence-corrected chi connectivity index (χ1v) is 6.57. The van der Waals surface area contributed by atoms with Crippen molar-refractivity contribution in [3.8, 4) is 0 Å². The van der Waals surface area contributed by atoms with Gasteiger partial charge in [-0.1, -0.05) is 0 Å². The summed E-state index contributed by atoms with van der Waals surface area (Å²) in [5.41, 5.74) is 0. The van der Waals surface area contributed by atoms with E-state index in [1.165, 1.54) is 0 Å². The molecule has 0 saturated carbocycles. The van der Waals surface area contributed by atoms with Crippen LogP contribution in [0, 0.1) is 0 Å². The molecule has 0 aliphatic heterocycles. The van der Waals surface area contributed by atoms with Crippen LogP contribution in [0.4, 0.5) is 0 Å². The Kier molecular flexibility index (Phi) is 13.1. The molecule has 0 fully saturated rings. The van der Waals surface area contributed by atoms with E-state index in [2.05, 4.69) is 0 Å². The van der Waals surface area contributed by atoms with Crippen LogP contribution < -0.4 is 37.7 Å². The second-order valence-corrected chi connectivity index (χ2v) is 4.41. The van der Waals surface area contributed by atoms with Crippen LogP contribution in [-0.4, -0.2) is 15.7 Å². The molecule has 4 nitrogen and oxygen atoms in total. The third-order valence-electron chi connectivity index (χ3n) is 0. The fraction of sp³-hybridized carbons (Fsp3) is 0. The van der Waals surface area contributed by atoms with Crippen molar-refractivity contribution in [3.05, 3.63) is 0 Å². The van der Waals surface area contributed by atoms with Crippen LogP contribution in [0.25, 0.3) is 0 Å². The molecule has 0 aromatic rings. The molecule has 0 aliphatic rings. The topological polar surface area (TPSA) is 80.9 Å². The maximum atomic E-state index is 7.41. The van der Waals surface area contributed by atoms with Gasteiger partial charge >= 0.3 is 69.7 Å². The molecule has 0 aliphatic carbocycles. The number of hydrogen-bond donors (Lipinski definition) is 4. The Hall–Kier alpha value is 1.66. The van der Waals surface area contributed by atoms with Crippen molar-refractivity contribution < 1.29 is 69.7 Å². The van der Waals surface area contributed by atoms with E-state index in [0.29, 0.717) is 0 Å². The Bertz CT molecular complexity index is 25.2. The van der Waals surface area contributed by atoms with Crippen LogP contribution in [0.3, 0.4) is 0 Å². The molecule has 0 saturated heterocycles. The van der Waals surface area contributed by atoms with Crippen molar-refractivity contribution in [2.45, 2.75) is 0 Å². The third kappa shape index (κ3) is 89.2. The molecule has 0 bridgehead atoms. The molecule has 4 N–H and O–H groups in total. The zero-order chi connectivity index (χ0) is 4.50. The van der Waals surface area contributed by atoms with Gasteiger partial charge < -0.3 is 0 Å². The standard InChI is InChI=1S/2Li.4H2O.Zn/h;;4*1H2;/q2*+1;;;;;+2/p-4. The van der Waals surface area contributed by atoms with Gasteiger partial charge in [-0.15, -0.1) is 0 Å². The Morgan fingerprint density at radius 2 is 0.714 bits per heavy atom. The van der Waals surface area contributed by atoms with Crippen molar-refractivity contribution >= 4 is 0 Å². The molecule has 7 heteroatoms. The minimum atomic E-state index is -5.25. The Morgan fingerprint density at radius 1 is 0.714 bits per heavy atom. The average Bonchev–Trinajstić information content (AvgIpc) is 0.722. The van der Waals surface area contributed by atoms with Crippen LogP contribution in [0.15, 0.2) is 0 Å². The van der Waals surface area contributed by atoms with E-state index in [1.807, 2.05) is 0 Å². The third-order valence-corrected chi connectivity index (χ3v) is 0. The van der Waals surface area contributed by atoms with E-state index < -0.39 is 16.2 Å². The van der Waals surface area contributed by atoms with Gasteiger partial charge in [0.25, 0.3) is 0 Å². The molecule has 0 aromatic heterocycles. The average molecular weight is 147 g/mol. The zero-order valence-corrected chi connectivity index (χ0v) is 7.46. The van der Waals surface area contributed by atoms with E-state index in [4.69, 9.17) is 15.7 Å². The molecule has 0 unspecified atom stereocenters. The molecule has 0 amide bonds. The fourth-order valence-corrected chi connectivity index (χ4v) is 0. The van der Waals surface area contributed by atoms with Crippen molar-refractivity contribution in [1.82, 2.24) is 0 Å². The molecular weight excluding hydrogens is 143 g/mol. The number of rotatable bonds is 0. The van der Waals surface area contributed by atoms with Gasteiger partial charge in [0.15, 0.2) is 0 Å². The summed E-state index contributed by atoms with van der Waals surface area (Å²) < 4.78 is 29.6. The monoisotopic (exact) mass is 146 g/mol. The van der Waals surface area contributed by atoms with E-state index >= 15 is 0 Å². The molecule has 32 valence electrons. The van der Waals surface area contributed by atoms with Crippen LogP contribution >= 0.6 is 0 Å². The second kappa shape index (κ2) is 5.79. The first-order valence-electron chi connectivity index (χ1n) is 1.26. The molecule has 0 aromatic carbocycles. The van der Waals surface area contributed by atoms with Gasteiger partial charge in [0.1, 0.15) is 0 Å². The van der Waals surface area contributed by atoms with E-state index in [9.17, 15) is 0 Å². The van der Waals surface area contributed by atoms with Crippen LogP contribution in [0.5, 0.6) is 0 Å². The predicted octanol–water partition coefficient (Wildman–Crippen LogP) is -8.22. The summed E-state index contributed by atoms with van der Waals surface area (Å²) in [5.74, 6) is 0. The molecule has 0 spiro atoms. The van der Waals surface area contributed by atoms with Crippen molar-refractivity contribution in [3.63, 3.8) is 0 Å². The van der Waals surface area contributed by atoms with E-state index in [0.717, 1.165) is 0 Å². The van der Waals surface area contributed by atoms with Gasteiger partial charge in [-0.25, -0.2) is 0 Å². The normalized spacial score (nSPS) is 8.57. The summed E-state index contributed by atoms with van der Waals surface area (Å²) in [5, 5.41) is 0. The molecular formula is H4Li2O4Zn. The van der Waals surface area contributed by atoms with Gasteiger partial charge in [0.2, 0.25) is 0 Å². The van der Waals surface area contributed by atoms with Crippen LogP contribution in [0.2, 0.25) is 0 Å². The van der Waals surface area contributed by atoms with Crippen LogP contribution in [-0.2, 0) is 16.2 Å². The molecule has 0 rings (SSSR count). The quantitative estimate of drug-likeness (QED) is 0.257. The summed E-state index contributed by atoms with van der Waals surface area (Å²) in [6.45, 7) is 0. The summed E-state index contributed by atoms with van der Waals surface area (Å²) in [6, 6.07) is 0. The fourth-order valence-electron chi connectivity index (χ4n) is 0. The van der Waals surface area contributed by atoms with Crippen LogP contribution in [0.1, 0.15) is 0 Å². The van der Waals surface area contributed by atoms with Gasteiger partial charge in [-0.2, -0.15) is 0 Å². The molecule has 7 heavy (non-hydrogen) atoms. The Labute approximate surface area is 69.3 Å². The van der Waals surface area contributed by atoms with Gasteiger partial charge in [0.05, 0.1) is 0 Å². The molecule has 0 atom stereocenters. The van der Waals surface area contributed by atoms with E-state index in [1.54, 1.807) is 0 Å². The second-order valence-electron chi connectivity index (χ2n) is 0.849. The first kappa shape index (κ1) is 15.9. The summed E-state index contributed by atoms with van der Waals surface area (Å²) in [4.78, 5) is 0. The summed E-state index contributed by atoms with van der Waals surface area (Å²) in [7, 11) is 0. The van der Waals surface area contributed by atoms with Gasteiger partial charge in [-0.05, 0) is 0 Å². The summed E-state index contributed by atoms with van der Waals surface area (Å²) in [6.07, 6.45) is 0. The van der Waals surface area contributed by atoms with Gasteiger partial charge in [-0.3, -0.25) is 0 Å². The Balaban J connectivity index is -0.0000000800. The van der Waals surface area contributed by atoms with Crippen molar-refractivity contribution in [2.24, 2.45) is 0 Å². The first-order chi connectivity index (χ1) is 2.00. The summed E-state index contributed by atoms with van der Waals surface area (Å²) >= 11 is -5.25. The Morgan fingerprint density at radius 3 is 0.714 bits per heavy atom. The van der Waals surface area contributed by atoms with E-state index in [-0.39, 0.29) is 37.7 Å². The minimum absolute atomic E-state index is 0. The SMILES string of the molecule is [Li+].[Li+].[OH][Zn-2]([OH])([OH])[OH]. The van der Waals surface area contributed by atoms with Crippen molar-refractivity contribution in [1.29, 1.82) is 0 Å². The predicted molar refractivity (Wildman–Crippen MR) is 8.88 cm³/mol. The number of hydrogen-bond acceptors (Lipinski definition) is 4. The molecule has 0 radical (unpaired) electrons. The van der Waals surface area contributed by atoms with Crippen molar-refractivity contribution in [2.75, 3.05) is 0 Å². The van der Waals surface area contributed by atoms with Gasteiger partial charge in [0, 0.05) is 0 Å². The molecule has 0 heterocycles. The maximum absolute atomic E-state index is 7.41.